The van der Waals surface area contributed by atoms with Crippen LogP contribution in [0.25, 0.3) is 0 Å². The number of ether oxygens (including phenoxy) is 1. The van der Waals surface area contributed by atoms with Gasteiger partial charge in [-0.1, -0.05) is 15.5 Å². The summed E-state index contributed by atoms with van der Waals surface area (Å²) in [5.74, 6) is 0.0187. The van der Waals surface area contributed by atoms with Crippen LogP contribution in [0.4, 0.5) is 0 Å². The number of fused-ring (bicyclic) bond motifs is 3. The number of piperidine rings is 1. The zero-order valence-electron chi connectivity index (χ0n) is 12.2. The van der Waals surface area contributed by atoms with Gasteiger partial charge in [0, 0.05) is 13.1 Å². The molecule has 0 N–H and O–H groups in total. The summed E-state index contributed by atoms with van der Waals surface area (Å²) in [6.07, 6.45) is 2.71. The highest BCUT2D eigenvalue weighted by atomic mass is 16.6. The first-order chi connectivity index (χ1) is 10.7. The summed E-state index contributed by atoms with van der Waals surface area (Å²) >= 11 is 0. The fourth-order valence-electron chi connectivity index (χ4n) is 3.08. The van der Waals surface area contributed by atoms with Gasteiger partial charge in [-0.15, -0.1) is 5.10 Å². The summed E-state index contributed by atoms with van der Waals surface area (Å²) < 4.78 is 12.4. The van der Waals surface area contributed by atoms with E-state index in [0.29, 0.717) is 31.1 Å². The lowest BCUT2D eigenvalue weighted by Crippen LogP contribution is -2.50. The summed E-state index contributed by atoms with van der Waals surface area (Å²) in [6.45, 7) is 3.50. The van der Waals surface area contributed by atoms with E-state index in [9.17, 15) is 4.79 Å². The standard InChI is InChI=1S/C13H16N6O3/c1-8-10(16-22-15-8)4-13(20)18-3-2-11-12(6-18)21-7-9-5-14-17-19(9)11/h5,11-12H,2-4,6-7H2,1H3/t11-,12-/m0/s1. The minimum Gasteiger partial charge on any atom is -0.368 e. The van der Waals surface area contributed by atoms with Crippen molar-refractivity contribution in [1.82, 2.24) is 30.2 Å². The Morgan fingerprint density at radius 2 is 2.36 bits per heavy atom. The number of aryl methyl sites for hydroxylation is 1. The van der Waals surface area contributed by atoms with Crippen LogP contribution < -0.4 is 0 Å². The molecule has 4 rings (SSSR count). The van der Waals surface area contributed by atoms with Crippen LogP contribution in [0.1, 0.15) is 29.5 Å². The molecule has 0 unspecified atom stereocenters. The molecule has 1 fully saturated rings. The molecule has 0 spiro atoms. The molecular formula is C13H16N6O3. The summed E-state index contributed by atoms with van der Waals surface area (Å²) in [4.78, 5) is 14.2. The third-order valence-electron chi connectivity index (χ3n) is 4.35. The van der Waals surface area contributed by atoms with Gasteiger partial charge in [0.15, 0.2) is 0 Å². The van der Waals surface area contributed by atoms with Gasteiger partial charge in [0.2, 0.25) is 5.91 Å². The molecule has 22 heavy (non-hydrogen) atoms. The van der Waals surface area contributed by atoms with Gasteiger partial charge in [-0.2, -0.15) is 0 Å². The molecule has 2 aliphatic heterocycles. The maximum Gasteiger partial charge on any atom is 0.228 e. The maximum absolute atomic E-state index is 12.4. The number of rotatable bonds is 2. The van der Waals surface area contributed by atoms with Crippen molar-refractivity contribution >= 4 is 5.91 Å². The molecule has 0 radical (unpaired) electrons. The zero-order valence-corrected chi connectivity index (χ0v) is 12.2. The van der Waals surface area contributed by atoms with E-state index >= 15 is 0 Å². The van der Waals surface area contributed by atoms with E-state index in [1.165, 1.54) is 0 Å². The predicted molar refractivity (Wildman–Crippen MR) is 71.6 cm³/mol. The largest absolute Gasteiger partial charge is 0.368 e. The van der Waals surface area contributed by atoms with E-state index < -0.39 is 0 Å². The topological polar surface area (TPSA) is 99.2 Å². The van der Waals surface area contributed by atoms with Gasteiger partial charge < -0.3 is 9.64 Å². The SMILES string of the molecule is Cc1nonc1CC(=O)N1CC[C@H]2[C@H](C1)OCc1cnnn12. The number of hydrogen-bond donors (Lipinski definition) is 0. The lowest BCUT2D eigenvalue weighted by atomic mass is 9.99. The van der Waals surface area contributed by atoms with Crippen LogP contribution in [0.15, 0.2) is 10.8 Å². The van der Waals surface area contributed by atoms with Gasteiger partial charge in [0.25, 0.3) is 0 Å². The minimum absolute atomic E-state index is 0.0187. The number of aromatic nitrogens is 5. The van der Waals surface area contributed by atoms with Crippen LogP contribution in [-0.4, -0.2) is 55.3 Å². The number of carbonyl (C=O) groups excluding carboxylic acids is 1. The van der Waals surface area contributed by atoms with Crippen LogP contribution in [0.5, 0.6) is 0 Å². The molecule has 0 aliphatic carbocycles. The number of hydrogen-bond acceptors (Lipinski definition) is 7. The summed E-state index contributed by atoms with van der Waals surface area (Å²) in [5, 5.41) is 15.5. The lowest BCUT2D eigenvalue weighted by molar-refractivity contribution is -0.139. The highest BCUT2D eigenvalue weighted by Gasteiger charge is 2.37. The van der Waals surface area contributed by atoms with E-state index in [0.717, 1.165) is 12.1 Å². The fraction of sp³-hybridized carbons (Fsp3) is 0.615. The zero-order chi connectivity index (χ0) is 15.1. The van der Waals surface area contributed by atoms with Gasteiger partial charge in [-0.3, -0.25) is 4.79 Å². The summed E-state index contributed by atoms with van der Waals surface area (Å²) in [5.41, 5.74) is 2.24. The van der Waals surface area contributed by atoms with Crippen LogP contribution in [0.3, 0.4) is 0 Å². The molecule has 0 bridgehead atoms. The highest BCUT2D eigenvalue weighted by molar-refractivity contribution is 5.78. The molecule has 9 nitrogen and oxygen atoms in total. The minimum atomic E-state index is -0.0385. The highest BCUT2D eigenvalue weighted by Crippen LogP contribution is 2.30. The third-order valence-corrected chi connectivity index (χ3v) is 4.35. The maximum atomic E-state index is 12.4. The van der Waals surface area contributed by atoms with Crippen molar-refractivity contribution in [2.75, 3.05) is 13.1 Å². The molecule has 4 heterocycles. The number of amides is 1. The van der Waals surface area contributed by atoms with E-state index in [-0.39, 0.29) is 24.5 Å². The Kier molecular flexibility index (Phi) is 3.14. The second kappa shape index (κ2) is 5.16. The van der Waals surface area contributed by atoms with Gasteiger partial charge in [-0.05, 0) is 13.3 Å². The fourth-order valence-corrected chi connectivity index (χ4v) is 3.08. The molecular weight excluding hydrogens is 288 g/mol. The van der Waals surface area contributed by atoms with Crippen molar-refractivity contribution in [3.05, 3.63) is 23.3 Å². The predicted octanol–water partition coefficient (Wildman–Crippen LogP) is -0.116. The lowest BCUT2D eigenvalue weighted by Gasteiger charge is -2.40. The van der Waals surface area contributed by atoms with Crippen molar-refractivity contribution in [1.29, 1.82) is 0 Å². The van der Waals surface area contributed by atoms with Crippen LogP contribution in [0, 0.1) is 6.92 Å². The molecule has 0 aromatic carbocycles. The number of carbonyl (C=O) groups is 1. The van der Waals surface area contributed by atoms with E-state index in [4.69, 9.17) is 4.74 Å². The molecule has 1 amide bonds. The first-order valence-electron chi connectivity index (χ1n) is 7.29. The van der Waals surface area contributed by atoms with E-state index in [2.05, 4.69) is 25.3 Å². The first-order valence-corrected chi connectivity index (χ1v) is 7.29. The van der Waals surface area contributed by atoms with Crippen molar-refractivity contribution in [2.45, 2.75) is 38.5 Å². The third kappa shape index (κ3) is 2.17. The Hall–Kier alpha value is -2.29. The molecule has 2 aliphatic rings. The Bertz CT molecular complexity index is 696. The second-order valence-electron chi connectivity index (χ2n) is 5.69. The molecule has 2 aromatic heterocycles. The average molecular weight is 304 g/mol. The van der Waals surface area contributed by atoms with E-state index in [1.807, 2.05) is 9.58 Å². The van der Waals surface area contributed by atoms with Gasteiger partial charge >= 0.3 is 0 Å². The van der Waals surface area contributed by atoms with Crippen molar-refractivity contribution in [3.8, 4) is 0 Å². The summed E-state index contributed by atoms with van der Waals surface area (Å²) in [7, 11) is 0. The second-order valence-corrected chi connectivity index (χ2v) is 5.69. The molecule has 116 valence electrons. The Morgan fingerprint density at radius 3 is 3.18 bits per heavy atom. The smallest absolute Gasteiger partial charge is 0.228 e. The average Bonchev–Trinajstić information content (AvgIpc) is 3.16. The molecule has 2 atom stereocenters. The summed E-state index contributed by atoms with van der Waals surface area (Å²) in [6, 6.07) is 0.158. The van der Waals surface area contributed by atoms with E-state index in [1.54, 1.807) is 13.1 Å². The normalized spacial score (nSPS) is 24.0. The Labute approximate surface area is 126 Å². The van der Waals surface area contributed by atoms with Crippen LogP contribution in [0.2, 0.25) is 0 Å². The molecule has 9 heteroatoms. The number of likely N-dealkylation sites (tertiary alicyclic amines) is 1. The van der Waals surface area contributed by atoms with Crippen molar-refractivity contribution in [3.63, 3.8) is 0 Å². The number of nitrogens with zero attached hydrogens (tertiary/aromatic N) is 6. The molecule has 1 saturated heterocycles. The Morgan fingerprint density at radius 1 is 1.45 bits per heavy atom. The monoisotopic (exact) mass is 304 g/mol. The first kappa shape index (κ1) is 13.4. The quantitative estimate of drug-likeness (QED) is 0.763. The molecule has 0 saturated carbocycles. The molecule has 2 aromatic rings. The van der Waals surface area contributed by atoms with Crippen LogP contribution in [-0.2, 0) is 22.6 Å². The van der Waals surface area contributed by atoms with Crippen molar-refractivity contribution < 1.29 is 14.2 Å². The van der Waals surface area contributed by atoms with Gasteiger partial charge in [0.1, 0.15) is 11.4 Å². The van der Waals surface area contributed by atoms with Crippen molar-refractivity contribution in [2.24, 2.45) is 0 Å². The van der Waals surface area contributed by atoms with Crippen LogP contribution >= 0.6 is 0 Å². The Balaban J connectivity index is 1.45. The van der Waals surface area contributed by atoms with Gasteiger partial charge in [0.05, 0.1) is 37.1 Å². The van der Waals surface area contributed by atoms with Gasteiger partial charge in [-0.25, -0.2) is 9.31 Å².